The standard InChI is InChI=1S/C14H17N3O2/c1-9(2)6-17-7-11(15)14(16-17)10-3-4-12-13(5-10)19-8-18-12/h3-5,7,9H,6,8,15H2,1-2H3. The summed E-state index contributed by atoms with van der Waals surface area (Å²) in [4.78, 5) is 0. The van der Waals surface area contributed by atoms with Crippen LogP contribution in [-0.2, 0) is 6.54 Å². The molecule has 0 saturated heterocycles. The highest BCUT2D eigenvalue weighted by atomic mass is 16.7. The molecule has 2 N–H and O–H groups in total. The van der Waals surface area contributed by atoms with E-state index in [2.05, 4.69) is 18.9 Å². The molecule has 5 nitrogen and oxygen atoms in total. The number of nitrogen functional groups attached to an aromatic ring is 1. The van der Waals surface area contributed by atoms with E-state index in [1.807, 2.05) is 29.1 Å². The Bertz CT molecular complexity index is 605. The number of hydrogen-bond donors (Lipinski definition) is 1. The summed E-state index contributed by atoms with van der Waals surface area (Å²) in [5.74, 6) is 2.04. The SMILES string of the molecule is CC(C)Cn1cc(N)c(-c2ccc3c(c2)OCO3)n1. The van der Waals surface area contributed by atoms with Gasteiger partial charge in [-0.3, -0.25) is 4.68 Å². The van der Waals surface area contributed by atoms with Gasteiger partial charge >= 0.3 is 0 Å². The van der Waals surface area contributed by atoms with Gasteiger partial charge in [-0.25, -0.2) is 0 Å². The van der Waals surface area contributed by atoms with Gasteiger partial charge in [0.2, 0.25) is 6.79 Å². The molecule has 1 aromatic heterocycles. The van der Waals surface area contributed by atoms with Crippen LogP contribution < -0.4 is 15.2 Å². The Morgan fingerprint density at radius 2 is 2.11 bits per heavy atom. The molecule has 0 saturated carbocycles. The Hall–Kier alpha value is -2.17. The lowest BCUT2D eigenvalue weighted by molar-refractivity contribution is 0.174. The van der Waals surface area contributed by atoms with Crippen molar-refractivity contribution in [1.29, 1.82) is 0 Å². The highest BCUT2D eigenvalue weighted by Gasteiger charge is 2.16. The fraction of sp³-hybridized carbons (Fsp3) is 0.357. The van der Waals surface area contributed by atoms with Gasteiger partial charge in [-0.15, -0.1) is 0 Å². The Morgan fingerprint density at radius 3 is 2.89 bits per heavy atom. The number of anilines is 1. The Balaban J connectivity index is 1.95. The molecule has 1 aliphatic heterocycles. The van der Waals surface area contributed by atoms with Crippen molar-refractivity contribution in [3.8, 4) is 22.8 Å². The molecular formula is C14H17N3O2. The third kappa shape index (κ3) is 2.23. The van der Waals surface area contributed by atoms with E-state index in [1.54, 1.807) is 0 Å². The number of rotatable bonds is 3. The minimum Gasteiger partial charge on any atom is -0.454 e. The lowest BCUT2D eigenvalue weighted by atomic mass is 10.1. The predicted octanol–water partition coefficient (Wildman–Crippen LogP) is 2.52. The van der Waals surface area contributed by atoms with Gasteiger partial charge < -0.3 is 15.2 Å². The molecule has 0 atom stereocenters. The molecule has 2 aromatic rings. The van der Waals surface area contributed by atoms with Gasteiger partial charge in [-0.1, -0.05) is 13.8 Å². The Kier molecular flexibility index (Phi) is 2.81. The number of benzene rings is 1. The van der Waals surface area contributed by atoms with E-state index in [-0.39, 0.29) is 6.79 Å². The van der Waals surface area contributed by atoms with Crippen LogP contribution in [-0.4, -0.2) is 16.6 Å². The van der Waals surface area contributed by atoms with E-state index in [1.165, 1.54) is 0 Å². The average Bonchev–Trinajstić information content (AvgIpc) is 2.93. The van der Waals surface area contributed by atoms with Crippen LogP contribution in [0.2, 0.25) is 0 Å². The quantitative estimate of drug-likeness (QED) is 0.920. The number of fused-ring (bicyclic) bond motifs is 1. The van der Waals surface area contributed by atoms with E-state index < -0.39 is 0 Å². The zero-order valence-electron chi connectivity index (χ0n) is 11.1. The second-order valence-corrected chi connectivity index (χ2v) is 5.12. The number of hydrogen-bond acceptors (Lipinski definition) is 4. The van der Waals surface area contributed by atoms with E-state index in [9.17, 15) is 0 Å². The first-order chi connectivity index (χ1) is 9.13. The molecule has 1 aliphatic rings. The average molecular weight is 259 g/mol. The van der Waals surface area contributed by atoms with Gasteiger partial charge in [0.05, 0.1) is 5.69 Å². The van der Waals surface area contributed by atoms with Crippen molar-refractivity contribution in [1.82, 2.24) is 9.78 Å². The summed E-state index contributed by atoms with van der Waals surface area (Å²) in [6.07, 6.45) is 1.87. The highest BCUT2D eigenvalue weighted by Crippen LogP contribution is 2.36. The molecule has 0 fully saturated rings. The van der Waals surface area contributed by atoms with Gasteiger partial charge in [-0.2, -0.15) is 5.10 Å². The molecule has 0 radical (unpaired) electrons. The van der Waals surface area contributed by atoms with Gasteiger partial charge in [0.25, 0.3) is 0 Å². The monoisotopic (exact) mass is 259 g/mol. The zero-order valence-corrected chi connectivity index (χ0v) is 11.1. The third-order valence-electron chi connectivity index (χ3n) is 2.99. The summed E-state index contributed by atoms with van der Waals surface area (Å²) in [6.45, 7) is 5.43. The molecule has 0 amide bonds. The zero-order chi connectivity index (χ0) is 13.4. The Labute approximate surface area is 111 Å². The van der Waals surface area contributed by atoms with E-state index in [4.69, 9.17) is 15.2 Å². The minimum absolute atomic E-state index is 0.274. The number of nitrogens with zero attached hydrogens (tertiary/aromatic N) is 2. The van der Waals surface area contributed by atoms with Gasteiger partial charge in [0.15, 0.2) is 11.5 Å². The van der Waals surface area contributed by atoms with Crippen molar-refractivity contribution < 1.29 is 9.47 Å². The molecule has 0 spiro atoms. The molecule has 1 aromatic carbocycles. The number of ether oxygens (including phenoxy) is 2. The van der Waals surface area contributed by atoms with E-state index in [0.29, 0.717) is 11.6 Å². The summed E-state index contributed by atoms with van der Waals surface area (Å²) < 4.78 is 12.6. The number of aromatic nitrogens is 2. The second-order valence-electron chi connectivity index (χ2n) is 5.12. The van der Waals surface area contributed by atoms with Crippen molar-refractivity contribution in [3.63, 3.8) is 0 Å². The van der Waals surface area contributed by atoms with Crippen LogP contribution in [0.3, 0.4) is 0 Å². The normalized spacial score (nSPS) is 13.2. The lowest BCUT2D eigenvalue weighted by Gasteiger charge is -2.04. The van der Waals surface area contributed by atoms with Crippen molar-refractivity contribution in [3.05, 3.63) is 24.4 Å². The molecule has 2 heterocycles. The first-order valence-electron chi connectivity index (χ1n) is 6.36. The summed E-state index contributed by atoms with van der Waals surface area (Å²) >= 11 is 0. The number of nitrogens with two attached hydrogens (primary N) is 1. The molecule has 0 bridgehead atoms. The molecule has 0 aliphatic carbocycles. The van der Waals surface area contributed by atoms with Crippen molar-refractivity contribution in [2.24, 2.45) is 5.92 Å². The lowest BCUT2D eigenvalue weighted by Crippen LogP contribution is -2.04. The molecule has 100 valence electrons. The van der Waals surface area contributed by atoms with Crippen LogP contribution in [0.4, 0.5) is 5.69 Å². The fourth-order valence-corrected chi connectivity index (χ4v) is 2.17. The van der Waals surface area contributed by atoms with Crippen LogP contribution in [0.15, 0.2) is 24.4 Å². The first-order valence-corrected chi connectivity index (χ1v) is 6.36. The summed E-state index contributed by atoms with van der Waals surface area (Å²) in [7, 11) is 0. The van der Waals surface area contributed by atoms with Gasteiger partial charge in [-0.05, 0) is 24.1 Å². The molecular weight excluding hydrogens is 242 g/mol. The maximum Gasteiger partial charge on any atom is 0.231 e. The van der Waals surface area contributed by atoms with Crippen LogP contribution in [0, 0.1) is 5.92 Å². The third-order valence-corrected chi connectivity index (χ3v) is 2.99. The highest BCUT2D eigenvalue weighted by molar-refractivity contribution is 5.74. The first kappa shape index (κ1) is 11.9. The largest absolute Gasteiger partial charge is 0.454 e. The summed E-state index contributed by atoms with van der Waals surface area (Å²) in [5.41, 5.74) is 8.46. The molecule has 0 unspecified atom stereocenters. The van der Waals surface area contributed by atoms with Crippen LogP contribution in [0.25, 0.3) is 11.3 Å². The summed E-state index contributed by atoms with van der Waals surface area (Å²) in [6, 6.07) is 5.76. The van der Waals surface area contributed by atoms with Crippen molar-refractivity contribution >= 4 is 5.69 Å². The smallest absolute Gasteiger partial charge is 0.231 e. The molecule has 5 heteroatoms. The van der Waals surface area contributed by atoms with Crippen LogP contribution in [0.1, 0.15) is 13.8 Å². The van der Waals surface area contributed by atoms with Gasteiger partial charge in [0, 0.05) is 18.3 Å². The van der Waals surface area contributed by atoms with Crippen LogP contribution >= 0.6 is 0 Å². The van der Waals surface area contributed by atoms with Gasteiger partial charge in [0.1, 0.15) is 5.69 Å². The van der Waals surface area contributed by atoms with Crippen molar-refractivity contribution in [2.75, 3.05) is 12.5 Å². The fourth-order valence-electron chi connectivity index (χ4n) is 2.17. The van der Waals surface area contributed by atoms with E-state index in [0.717, 1.165) is 29.3 Å². The second kappa shape index (κ2) is 4.50. The maximum absolute atomic E-state index is 6.04. The molecule has 19 heavy (non-hydrogen) atoms. The predicted molar refractivity (Wildman–Crippen MR) is 73.0 cm³/mol. The van der Waals surface area contributed by atoms with E-state index >= 15 is 0 Å². The maximum atomic E-state index is 6.04. The Morgan fingerprint density at radius 1 is 1.32 bits per heavy atom. The van der Waals surface area contributed by atoms with Crippen molar-refractivity contribution in [2.45, 2.75) is 20.4 Å². The topological polar surface area (TPSA) is 62.3 Å². The van der Waals surface area contributed by atoms with Crippen LogP contribution in [0.5, 0.6) is 11.5 Å². The summed E-state index contributed by atoms with van der Waals surface area (Å²) in [5, 5.41) is 4.54. The molecule has 3 rings (SSSR count). The minimum atomic E-state index is 0.274.